The molecule has 1 aromatic rings. The van der Waals surface area contributed by atoms with Gasteiger partial charge in [0.05, 0.1) is 0 Å². The van der Waals surface area contributed by atoms with Crippen LogP contribution < -0.4 is 5.32 Å². The molecule has 0 bridgehead atoms. The van der Waals surface area contributed by atoms with Crippen molar-refractivity contribution >= 4 is 11.8 Å². The molecule has 0 aliphatic carbocycles. The second-order valence-corrected chi connectivity index (χ2v) is 4.35. The van der Waals surface area contributed by atoms with Gasteiger partial charge in [0.15, 0.2) is 0 Å². The number of nitrogens with zero attached hydrogens (tertiary/aromatic N) is 1. The smallest absolute Gasteiger partial charge is 0.249 e. The van der Waals surface area contributed by atoms with E-state index in [1.54, 1.807) is 11.9 Å². The third kappa shape index (κ3) is 2.27. The third-order valence-electron chi connectivity index (χ3n) is 3.18. The summed E-state index contributed by atoms with van der Waals surface area (Å²) in [6.07, 6.45) is 1.99. The van der Waals surface area contributed by atoms with Crippen LogP contribution in [0.4, 0.5) is 0 Å². The fraction of sp³-hybridized carbons (Fsp3) is 0.286. The van der Waals surface area contributed by atoms with Crippen LogP contribution in [0.15, 0.2) is 36.9 Å². The van der Waals surface area contributed by atoms with Crippen LogP contribution in [0.3, 0.4) is 0 Å². The summed E-state index contributed by atoms with van der Waals surface area (Å²) >= 11 is 0. The van der Waals surface area contributed by atoms with E-state index in [4.69, 9.17) is 0 Å². The van der Waals surface area contributed by atoms with Crippen molar-refractivity contribution in [1.29, 1.82) is 0 Å². The number of carbonyl (C=O) groups is 2. The molecule has 1 aliphatic rings. The molecular formula is C14H16N2O2. The highest BCUT2D eigenvalue weighted by atomic mass is 16.2. The van der Waals surface area contributed by atoms with E-state index in [2.05, 4.69) is 11.9 Å². The summed E-state index contributed by atoms with van der Waals surface area (Å²) in [4.78, 5) is 25.3. The van der Waals surface area contributed by atoms with Crippen LogP contribution in [0, 0.1) is 0 Å². The molecule has 0 spiro atoms. The predicted octanol–water partition coefficient (Wildman–Crippen LogP) is 1.04. The number of hydrogen-bond donors (Lipinski definition) is 1. The molecule has 4 heteroatoms. The predicted molar refractivity (Wildman–Crippen MR) is 68.9 cm³/mol. The Morgan fingerprint density at radius 2 is 2.22 bits per heavy atom. The second kappa shape index (κ2) is 5.04. The van der Waals surface area contributed by atoms with Crippen LogP contribution in [-0.4, -0.2) is 30.3 Å². The van der Waals surface area contributed by atoms with Crippen molar-refractivity contribution in [1.82, 2.24) is 10.2 Å². The molecule has 1 N–H and O–H groups in total. The number of nitrogens with one attached hydrogen (secondary N) is 1. The highest BCUT2D eigenvalue weighted by Crippen LogP contribution is 2.24. The lowest BCUT2D eigenvalue weighted by molar-refractivity contribution is -0.134. The molecule has 2 amide bonds. The van der Waals surface area contributed by atoms with Crippen molar-refractivity contribution in [2.24, 2.45) is 0 Å². The van der Waals surface area contributed by atoms with Gasteiger partial charge in [-0.15, -0.1) is 0 Å². The quantitative estimate of drug-likeness (QED) is 0.790. The fourth-order valence-corrected chi connectivity index (χ4v) is 2.14. The van der Waals surface area contributed by atoms with Gasteiger partial charge in [0.25, 0.3) is 0 Å². The molecule has 1 heterocycles. The van der Waals surface area contributed by atoms with E-state index >= 15 is 0 Å². The van der Waals surface area contributed by atoms with E-state index in [1.165, 1.54) is 6.08 Å². The molecule has 1 aromatic carbocycles. The highest BCUT2D eigenvalue weighted by molar-refractivity contribution is 5.93. The van der Waals surface area contributed by atoms with E-state index in [0.717, 1.165) is 17.5 Å². The Balaban J connectivity index is 2.41. The maximum absolute atomic E-state index is 12.2. The molecule has 0 saturated carbocycles. The van der Waals surface area contributed by atoms with E-state index in [0.29, 0.717) is 6.54 Å². The maximum atomic E-state index is 12.2. The summed E-state index contributed by atoms with van der Waals surface area (Å²) in [5.41, 5.74) is 1.98. The summed E-state index contributed by atoms with van der Waals surface area (Å²) in [5, 5.41) is 2.70. The number of fused-ring (bicyclic) bond motifs is 1. The Morgan fingerprint density at radius 1 is 1.50 bits per heavy atom. The number of hydrogen-bond acceptors (Lipinski definition) is 2. The summed E-state index contributed by atoms with van der Waals surface area (Å²) in [7, 11) is 1.75. The largest absolute Gasteiger partial charge is 0.343 e. The van der Waals surface area contributed by atoms with Crippen molar-refractivity contribution in [3.63, 3.8) is 0 Å². The van der Waals surface area contributed by atoms with Gasteiger partial charge in [0, 0.05) is 13.6 Å². The lowest BCUT2D eigenvalue weighted by Gasteiger charge is -2.21. The van der Waals surface area contributed by atoms with Gasteiger partial charge in [0.1, 0.15) is 6.04 Å². The topological polar surface area (TPSA) is 49.4 Å². The van der Waals surface area contributed by atoms with E-state index in [9.17, 15) is 9.59 Å². The second-order valence-electron chi connectivity index (χ2n) is 4.35. The molecular weight excluding hydrogens is 228 g/mol. The van der Waals surface area contributed by atoms with Gasteiger partial charge in [-0.05, 0) is 23.6 Å². The standard InChI is InChI=1S/C14H16N2O2/c1-3-12(17)15-13-11-7-5-4-6-10(11)8-9-16(2)14(13)18/h3-7,13H,1,8-9H2,2H3,(H,15,17). The monoisotopic (exact) mass is 244 g/mol. The van der Waals surface area contributed by atoms with E-state index in [-0.39, 0.29) is 11.8 Å². The normalized spacial score (nSPS) is 18.8. The number of likely N-dealkylation sites (N-methyl/N-ethyl adjacent to an activating group) is 1. The van der Waals surface area contributed by atoms with E-state index in [1.807, 2.05) is 24.3 Å². The van der Waals surface area contributed by atoms with Gasteiger partial charge in [-0.2, -0.15) is 0 Å². The molecule has 0 aromatic heterocycles. The van der Waals surface area contributed by atoms with Gasteiger partial charge in [-0.3, -0.25) is 9.59 Å². The Morgan fingerprint density at radius 3 is 2.94 bits per heavy atom. The minimum Gasteiger partial charge on any atom is -0.343 e. The minimum atomic E-state index is -0.612. The van der Waals surface area contributed by atoms with Crippen LogP contribution >= 0.6 is 0 Å². The highest BCUT2D eigenvalue weighted by Gasteiger charge is 2.29. The van der Waals surface area contributed by atoms with Gasteiger partial charge < -0.3 is 10.2 Å². The number of carbonyl (C=O) groups excluding carboxylic acids is 2. The van der Waals surface area contributed by atoms with Gasteiger partial charge in [-0.25, -0.2) is 0 Å². The fourth-order valence-electron chi connectivity index (χ4n) is 2.14. The number of benzene rings is 1. The van der Waals surface area contributed by atoms with Crippen molar-refractivity contribution in [2.45, 2.75) is 12.5 Å². The molecule has 1 atom stereocenters. The van der Waals surface area contributed by atoms with Gasteiger partial charge in [0.2, 0.25) is 11.8 Å². The summed E-state index contributed by atoms with van der Waals surface area (Å²) < 4.78 is 0. The van der Waals surface area contributed by atoms with Crippen molar-refractivity contribution < 1.29 is 9.59 Å². The molecule has 1 unspecified atom stereocenters. The molecule has 94 valence electrons. The Kier molecular flexibility index (Phi) is 3.46. The Labute approximate surface area is 106 Å². The molecule has 0 saturated heterocycles. The van der Waals surface area contributed by atoms with Crippen LogP contribution in [-0.2, 0) is 16.0 Å². The molecule has 0 radical (unpaired) electrons. The zero-order valence-electron chi connectivity index (χ0n) is 10.3. The average Bonchev–Trinajstić information content (AvgIpc) is 2.51. The third-order valence-corrected chi connectivity index (χ3v) is 3.18. The van der Waals surface area contributed by atoms with E-state index < -0.39 is 6.04 Å². The lowest BCUT2D eigenvalue weighted by Crippen LogP contribution is -2.39. The Bertz CT molecular complexity index is 496. The zero-order chi connectivity index (χ0) is 13.1. The van der Waals surface area contributed by atoms with Crippen LogP contribution in [0.25, 0.3) is 0 Å². The molecule has 0 fully saturated rings. The number of rotatable bonds is 2. The Hall–Kier alpha value is -2.10. The van der Waals surface area contributed by atoms with Crippen molar-refractivity contribution in [2.75, 3.05) is 13.6 Å². The SMILES string of the molecule is C=CC(=O)NC1C(=O)N(C)CCc2ccccc21. The molecule has 18 heavy (non-hydrogen) atoms. The van der Waals surface area contributed by atoms with Crippen molar-refractivity contribution in [3.05, 3.63) is 48.0 Å². The summed E-state index contributed by atoms with van der Waals surface area (Å²) in [6.45, 7) is 4.08. The van der Waals surface area contributed by atoms with Crippen LogP contribution in [0.2, 0.25) is 0 Å². The summed E-state index contributed by atoms with van der Waals surface area (Å²) in [6, 6.07) is 7.10. The van der Waals surface area contributed by atoms with Crippen molar-refractivity contribution in [3.8, 4) is 0 Å². The molecule has 4 nitrogen and oxygen atoms in total. The number of amides is 2. The van der Waals surface area contributed by atoms with Gasteiger partial charge >= 0.3 is 0 Å². The molecule has 2 rings (SSSR count). The minimum absolute atomic E-state index is 0.0878. The lowest BCUT2D eigenvalue weighted by atomic mass is 9.99. The average molecular weight is 244 g/mol. The molecule has 1 aliphatic heterocycles. The maximum Gasteiger partial charge on any atom is 0.249 e. The van der Waals surface area contributed by atoms with Gasteiger partial charge in [-0.1, -0.05) is 30.8 Å². The first-order chi connectivity index (χ1) is 8.63. The first-order valence-corrected chi connectivity index (χ1v) is 5.89. The first-order valence-electron chi connectivity index (χ1n) is 5.89. The summed E-state index contributed by atoms with van der Waals surface area (Å²) in [5.74, 6) is -0.423. The van der Waals surface area contributed by atoms with Crippen LogP contribution in [0.5, 0.6) is 0 Å². The van der Waals surface area contributed by atoms with Crippen LogP contribution in [0.1, 0.15) is 17.2 Å². The first kappa shape index (κ1) is 12.4. The zero-order valence-corrected chi connectivity index (χ0v) is 10.3.